The van der Waals surface area contributed by atoms with Crippen LogP contribution in [-0.2, 0) is 4.79 Å². The molecule has 4 nitrogen and oxygen atoms in total. The van der Waals surface area contributed by atoms with Gasteiger partial charge in [-0.05, 0) is 0 Å². The summed E-state index contributed by atoms with van der Waals surface area (Å²) in [5.74, 6) is -0.537. The molecule has 0 aliphatic heterocycles. The number of H-pyrrole nitrogens is 1. The van der Waals surface area contributed by atoms with Crippen LogP contribution in [0.4, 0.5) is 0 Å². The van der Waals surface area contributed by atoms with Crippen LogP contribution < -0.4 is 0 Å². The highest BCUT2D eigenvalue weighted by molar-refractivity contribution is 6.31. The Balaban J connectivity index is 2.89. The summed E-state index contributed by atoms with van der Waals surface area (Å²) in [7, 11) is 0. The van der Waals surface area contributed by atoms with Gasteiger partial charge in [-0.15, -0.1) is 0 Å². The van der Waals surface area contributed by atoms with Crippen LogP contribution in [0, 0.1) is 0 Å². The van der Waals surface area contributed by atoms with E-state index in [0.717, 1.165) is 0 Å². The van der Waals surface area contributed by atoms with Gasteiger partial charge in [-0.25, -0.2) is 4.98 Å². The summed E-state index contributed by atoms with van der Waals surface area (Å²) >= 11 is 0. The third-order valence-electron chi connectivity index (χ3n) is 0.839. The topological polar surface area (TPSA) is 62.8 Å². The van der Waals surface area contributed by atoms with Crippen molar-refractivity contribution in [3.63, 3.8) is 0 Å². The van der Waals surface area contributed by atoms with Crippen molar-refractivity contribution in [1.82, 2.24) is 9.97 Å². The lowest BCUT2D eigenvalue weighted by Gasteiger charge is -1.79. The number of nitrogens with zero attached hydrogens (tertiary/aromatic N) is 1. The molecule has 0 saturated carbocycles. The predicted octanol–water partition coefficient (Wildman–Crippen LogP) is -0.209. The molecule has 1 heterocycles. The minimum atomic E-state index is -0.625. The number of hydrogen-bond donors (Lipinski definition) is 1. The highest BCUT2D eigenvalue weighted by Gasteiger charge is 2.03. The van der Waals surface area contributed by atoms with Crippen molar-refractivity contribution in [2.24, 2.45) is 0 Å². The van der Waals surface area contributed by atoms with Crippen LogP contribution in [0.3, 0.4) is 0 Å². The van der Waals surface area contributed by atoms with Gasteiger partial charge in [0.2, 0.25) is 0 Å². The summed E-state index contributed by atoms with van der Waals surface area (Å²) in [6.45, 7) is 0. The first-order valence-corrected chi connectivity index (χ1v) is 2.33. The maximum Gasteiger partial charge on any atom is 0.260 e. The lowest BCUT2D eigenvalue weighted by Crippen LogP contribution is -2.01. The SMILES string of the molecule is O=CC(=O)c1ncc[nH]1. The Hall–Kier alpha value is -1.45. The van der Waals surface area contributed by atoms with Crippen molar-refractivity contribution in [1.29, 1.82) is 0 Å². The van der Waals surface area contributed by atoms with Gasteiger partial charge in [0.05, 0.1) is 0 Å². The fourth-order valence-electron chi connectivity index (χ4n) is 0.456. The van der Waals surface area contributed by atoms with Gasteiger partial charge >= 0.3 is 0 Å². The molecule has 0 saturated heterocycles. The predicted molar refractivity (Wildman–Crippen MR) is 29.0 cm³/mol. The highest BCUT2D eigenvalue weighted by atomic mass is 16.2. The average molecular weight is 124 g/mol. The molecule has 0 bridgehead atoms. The summed E-state index contributed by atoms with van der Waals surface area (Å²) in [5, 5.41) is 0. The molecule has 1 aromatic rings. The highest BCUT2D eigenvalue weighted by Crippen LogP contribution is 1.85. The van der Waals surface area contributed by atoms with E-state index in [9.17, 15) is 9.59 Å². The first-order valence-electron chi connectivity index (χ1n) is 2.33. The lowest BCUT2D eigenvalue weighted by molar-refractivity contribution is -0.104. The molecule has 0 unspecified atom stereocenters. The minimum absolute atomic E-state index is 0.0880. The van der Waals surface area contributed by atoms with Crippen molar-refractivity contribution < 1.29 is 9.59 Å². The first kappa shape index (κ1) is 5.68. The lowest BCUT2D eigenvalue weighted by atomic mass is 10.4. The summed E-state index contributed by atoms with van der Waals surface area (Å²) in [6.07, 6.45) is 3.12. The third kappa shape index (κ3) is 1.02. The molecule has 0 amide bonds. The van der Waals surface area contributed by atoms with E-state index in [0.29, 0.717) is 0 Å². The second-order valence-electron chi connectivity index (χ2n) is 1.42. The molecular weight excluding hydrogens is 120 g/mol. The Morgan fingerprint density at radius 3 is 3.00 bits per heavy atom. The minimum Gasteiger partial charge on any atom is -0.342 e. The summed E-state index contributed by atoms with van der Waals surface area (Å²) in [4.78, 5) is 26.3. The fraction of sp³-hybridized carbons (Fsp3) is 0. The first-order chi connectivity index (χ1) is 4.34. The molecule has 1 aromatic heterocycles. The Bertz CT molecular complexity index is 215. The standard InChI is InChI=1S/C5H4N2O2/c8-3-4(9)5-6-1-2-7-5/h1-3H,(H,6,7). The van der Waals surface area contributed by atoms with Crippen molar-refractivity contribution in [3.05, 3.63) is 18.2 Å². The molecule has 0 aromatic carbocycles. The second kappa shape index (κ2) is 2.21. The number of carbonyl (C=O) groups excluding carboxylic acids is 2. The second-order valence-corrected chi connectivity index (χ2v) is 1.42. The zero-order chi connectivity index (χ0) is 6.69. The smallest absolute Gasteiger partial charge is 0.260 e. The number of Topliss-reactive ketones (excluding diaryl/α,β-unsaturated/α-hetero) is 1. The van der Waals surface area contributed by atoms with Gasteiger partial charge in [-0.1, -0.05) is 0 Å². The zero-order valence-corrected chi connectivity index (χ0v) is 4.50. The maximum atomic E-state index is 10.4. The third-order valence-corrected chi connectivity index (χ3v) is 0.839. The molecule has 1 rings (SSSR count). The van der Waals surface area contributed by atoms with Crippen LogP contribution >= 0.6 is 0 Å². The number of hydrogen-bond acceptors (Lipinski definition) is 3. The van der Waals surface area contributed by atoms with E-state index in [4.69, 9.17) is 0 Å². The number of rotatable bonds is 2. The van der Waals surface area contributed by atoms with Crippen molar-refractivity contribution in [3.8, 4) is 0 Å². The molecule has 0 radical (unpaired) electrons. The van der Waals surface area contributed by atoms with E-state index >= 15 is 0 Å². The van der Waals surface area contributed by atoms with E-state index in [1.807, 2.05) is 0 Å². The van der Waals surface area contributed by atoms with Gasteiger partial charge in [0, 0.05) is 12.4 Å². The number of aromatic amines is 1. The number of aldehydes is 1. The number of nitrogens with one attached hydrogen (secondary N) is 1. The van der Waals surface area contributed by atoms with E-state index in [1.54, 1.807) is 0 Å². The molecule has 0 atom stereocenters. The number of ketones is 1. The van der Waals surface area contributed by atoms with E-state index < -0.39 is 5.78 Å². The van der Waals surface area contributed by atoms with E-state index in [-0.39, 0.29) is 12.1 Å². The Labute approximate surface area is 50.9 Å². The van der Waals surface area contributed by atoms with Gasteiger partial charge in [-0.3, -0.25) is 9.59 Å². The number of imidazole rings is 1. The molecule has 0 aliphatic carbocycles. The van der Waals surface area contributed by atoms with Gasteiger partial charge in [0.25, 0.3) is 5.78 Å². The molecule has 9 heavy (non-hydrogen) atoms. The van der Waals surface area contributed by atoms with Crippen molar-refractivity contribution in [2.75, 3.05) is 0 Å². The Morgan fingerprint density at radius 1 is 1.78 bits per heavy atom. The monoisotopic (exact) mass is 124 g/mol. The molecule has 4 heteroatoms. The molecule has 0 spiro atoms. The van der Waals surface area contributed by atoms with Gasteiger partial charge in [0.1, 0.15) is 0 Å². The van der Waals surface area contributed by atoms with Gasteiger partial charge in [0.15, 0.2) is 12.1 Å². The Morgan fingerprint density at radius 2 is 2.56 bits per heavy atom. The van der Waals surface area contributed by atoms with Crippen LogP contribution in [0.25, 0.3) is 0 Å². The van der Waals surface area contributed by atoms with Crippen LogP contribution in [0.15, 0.2) is 12.4 Å². The quantitative estimate of drug-likeness (QED) is 0.337. The van der Waals surface area contributed by atoms with Crippen LogP contribution in [0.1, 0.15) is 10.6 Å². The molecular formula is C5H4N2O2. The molecule has 46 valence electrons. The number of aromatic nitrogens is 2. The Kier molecular flexibility index (Phi) is 1.40. The zero-order valence-electron chi connectivity index (χ0n) is 4.50. The summed E-state index contributed by atoms with van der Waals surface area (Å²) < 4.78 is 0. The molecule has 1 N–H and O–H groups in total. The van der Waals surface area contributed by atoms with Crippen molar-refractivity contribution in [2.45, 2.75) is 0 Å². The van der Waals surface area contributed by atoms with E-state index in [2.05, 4.69) is 9.97 Å². The van der Waals surface area contributed by atoms with Gasteiger partial charge < -0.3 is 4.98 Å². The van der Waals surface area contributed by atoms with Crippen LogP contribution in [-0.4, -0.2) is 22.0 Å². The normalized spacial score (nSPS) is 8.89. The molecule has 0 aliphatic rings. The summed E-state index contributed by atoms with van der Waals surface area (Å²) in [5.41, 5.74) is 0. The van der Waals surface area contributed by atoms with Crippen molar-refractivity contribution >= 4 is 12.1 Å². The summed E-state index contributed by atoms with van der Waals surface area (Å²) in [6, 6.07) is 0. The van der Waals surface area contributed by atoms with E-state index in [1.165, 1.54) is 12.4 Å². The van der Waals surface area contributed by atoms with Gasteiger partial charge in [-0.2, -0.15) is 0 Å². The van der Waals surface area contributed by atoms with Crippen LogP contribution in [0.2, 0.25) is 0 Å². The largest absolute Gasteiger partial charge is 0.342 e. The van der Waals surface area contributed by atoms with Crippen LogP contribution in [0.5, 0.6) is 0 Å². The maximum absolute atomic E-state index is 10.4. The fourth-order valence-corrected chi connectivity index (χ4v) is 0.456. The molecule has 0 fully saturated rings. The number of carbonyl (C=O) groups is 2. The average Bonchev–Trinajstić information content (AvgIpc) is 2.37.